The summed E-state index contributed by atoms with van der Waals surface area (Å²) < 4.78 is 16.0. The molecule has 0 bridgehead atoms. The number of rotatable bonds is 9. The van der Waals surface area contributed by atoms with Gasteiger partial charge in [0.25, 0.3) is 0 Å². The van der Waals surface area contributed by atoms with Gasteiger partial charge in [-0.05, 0) is 19.8 Å². The Morgan fingerprint density at radius 1 is 1.00 bits per heavy atom. The second kappa shape index (κ2) is 10.0. The lowest BCUT2D eigenvalue weighted by molar-refractivity contribution is -0.304. The summed E-state index contributed by atoms with van der Waals surface area (Å²) in [4.78, 5) is 22.7. The van der Waals surface area contributed by atoms with Gasteiger partial charge < -0.3 is 34.6 Å². The summed E-state index contributed by atoms with van der Waals surface area (Å²) in [5.74, 6) is -1.66. The first-order valence-corrected chi connectivity index (χ1v) is 8.45. The average molecular weight is 364 g/mol. The van der Waals surface area contributed by atoms with Gasteiger partial charge in [-0.15, -0.1) is 0 Å². The summed E-state index contributed by atoms with van der Waals surface area (Å²) in [5, 5.41) is 38.2. The number of carbonyl (C=O) groups is 2. The van der Waals surface area contributed by atoms with Crippen LogP contribution in [-0.2, 0) is 23.8 Å². The van der Waals surface area contributed by atoms with E-state index in [9.17, 15) is 24.9 Å². The summed E-state index contributed by atoms with van der Waals surface area (Å²) in [7, 11) is 0. The lowest BCUT2D eigenvalue weighted by atomic mass is 10.00. The van der Waals surface area contributed by atoms with E-state index in [1.807, 2.05) is 0 Å². The molecule has 0 amide bonds. The number of hydrogen-bond donors (Lipinski definition) is 4. The van der Waals surface area contributed by atoms with E-state index in [1.165, 1.54) is 6.92 Å². The molecule has 0 aromatic heterocycles. The van der Waals surface area contributed by atoms with E-state index in [1.54, 1.807) is 13.8 Å². The van der Waals surface area contributed by atoms with Crippen LogP contribution < -0.4 is 0 Å². The van der Waals surface area contributed by atoms with Crippen molar-refractivity contribution in [1.29, 1.82) is 0 Å². The Kier molecular flexibility index (Phi) is 8.74. The molecule has 146 valence electrons. The van der Waals surface area contributed by atoms with E-state index in [0.29, 0.717) is 12.8 Å². The highest BCUT2D eigenvalue weighted by molar-refractivity contribution is 5.71. The lowest BCUT2D eigenvalue weighted by Crippen LogP contribution is -2.58. The van der Waals surface area contributed by atoms with Crippen LogP contribution in [0.25, 0.3) is 0 Å². The van der Waals surface area contributed by atoms with Crippen LogP contribution >= 0.6 is 0 Å². The third-order valence-electron chi connectivity index (χ3n) is 4.14. The van der Waals surface area contributed by atoms with Crippen LogP contribution in [0.5, 0.6) is 0 Å². The Morgan fingerprint density at radius 3 is 2.12 bits per heavy atom. The minimum atomic E-state index is -1.45. The molecule has 0 saturated carbocycles. The fraction of sp³-hybridized carbons (Fsp3) is 0.875. The molecule has 9 heteroatoms. The fourth-order valence-corrected chi connectivity index (χ4v) is 2.49. The highest BCUT2D eigenvalue weighted by atomic mass is 16.7. The number of hydrogen-bond acceptors (Lipinski definition) is 8. The van der Waals surface area contributed by atoms with E-state index in [4.69, 9.17) is 19.3 Å². The smallest absolute Gasteiger partial charge is 0.308 e. The number of aliphatic hydroxyl groups excluding tert-OH is 3. The second-order valence-electron chi connectivity index (χ2n) is 6.17. The van der Waals surface area contributed by atoms with Crippen molar-refractivity contribution in [3.63, 3.8) is 0 Å². The van der Waals surface area contributed by atoms with E-state index >= 15 is 0 Å². The van der Waals surface area contributed by atoms with Gasteiger partial charge in [-0.1, -0.05) is 13.8 Å². The van der Waals surface area contributed by atoms with Crippen LogP contribution in [0, 0.1) is 0 Å². The molecule has 1 aliphatic heterocycles. The topological polar surface area (TPSA) is 143 Å². The summed E-state index contributed by atoms with van der Waals surface area (Å²) in [6.45, 7) is 5.01. The van der Waals surface area contributed by atoms with Crippen LogP contribution in [0.1, 0.15) is 46.5 Å². The van der Waals surface area contributed by atoms with Gasteiger partial charge in [-0.3, -0.25) is 9.59 Å². The van der Waals surface area contributed by atoms with E-state index in [-0.39, 0.29) is 12.8 Å². The molecular formula is C16H28O9. The average Bonchev–Trinajstić information content (AvgIpc) is 2.55. The molecule has 1 heterocycles. The normalized spacial score (nSPS) is 32.0. The minimum Gasteiger partial charge on any atom is -0.481 e. The van der Waals surface area contributed by atoms with E-state index in [2.05, 4.69) is 0 Å². The van der Waals surface area contributed by atoms with Crippen molar-refractivity contribution >= 4 is 11.9 Å². The first kappa shape index (κ1) is 21.8. The Morgan fingerprint density at radius 2 is 1.60 bits per heavy atom. The molecule has 4 N–H and O–H groups in total. The van der Waals surface area contributed by atoms with Gasteiger partial charge in [0.1, 0.15) is 24.4 Å². The van der Waals surface area contributed by atoms with Crippen LogP contribution in [0.2, 0.25) is 0 Å². The van der Waals surface area contributed by atoms with E-state index in [0.717, 1.165) is 0 Å². The molecule has 0 aromatic rings. The third-order valence-corrected chi connectivity index (χ3v) is 4.14. The Labute approximate surface area is 146 Å². The van der Waals surface area contributed by atoms with Gasteiger partial charge >= 0.3 is 11.9 Å². The molecule has 0 spiro atoms. The quantitative estimate of drug-likeness (QED) is 0.409. The maximum atomic E-state index is 12.0. The van der Waals surface area contributed by atoms with Crippen LogP contribution in [0.3, 0.4) is 0 Å². The van der Waals surface area contributed by atoms with Gasteiger partial charge in [0.05, 0.1) is 25.0 Å². The molecule has 25 heavy (non-hydrogen) atoms. The number of aliphatic carboxylic acids is 1. The summed E-state index contributed by atoms with van der Waals surface area (Å²) in [5.41, 5.74) is 0. The molecule has 9 nitrogen and oxygen atoms in total. The third kappa shape index (κ3) is 6.52. The molecule has 0 aliphatic carbocycles. The maximum Gasteiger partial charge on any atom is 0.308 e. The second-order valence-corrected chi connectivity index (χ2v) is 6.17. The molecule has 0 radical (unpaired) electrons. The van der Waals surface area contributed by atoms with Crippen molar-refractivity contribution in [2.24, 2.45) is 0 Å². The monoisotopic (exact) mass is 364 g/mol. The van der Waals surface area contributed by atoms with Crippen molar-refractivity contribution in [1.82, 2.24) is 0 Å². The first-order valence-electron chi connectivity index (χ1n) is 8.45. The van der Waals surface area contributed by atoms with Crippen LogP contribution in [-0.4, -0.2) is 75.3 Å². The number of aliphatic hydroxyl groups is 3. The number of esters is 1. The highest BCUT2D eigenvalue weighted by Crippen LogP contribution is 2.24. The first-order chi connectivity index (χ1) is 11.7. The summed E-state index contributed by atoms with van der Waals surface area (Å²) >= 11 is 0. The SMILES string of the molecule is CCC(CC(=O)O)OC(=O)CC(CC)OC1O[C@@H](C)[C@H](O)[C@@H](O)[C@H]1O. The number of carbonyl (C=O) groups excluding carboxylic acids is 1. The summed E-state index contributed by atoms with van der Waals surface area (Å²) in [6.07, 6.45) is -7.03. The predicted octanol–water partition coefficient (Wildman–Crippen LogP) is -0.204. The van der Waals surface area contributed by atoms with Crippen molar-refractivity contribution in [2.45, 2.75) is 89.4 Å². The number of ether oxygens (including phenoxy) is 3. The van der Waals surface area contributed by atoms with Crippen molar-refractivity contribution in [3.05, 3.63) is 0 Å². The maximum absolute atomic E-state index is 12.0. The van der Waals surface area contributed by atoms with Crippen molar-refractivity contribution in [2.75, 3.05) is 0 Å². The van der Waals surface area contributed by atoms with Crippen LogP contribution in [0.15, 0.2) is 0 Å². The molecule has 1 saturated heterocycles. The van der Waals surface area contributed by atoms with E-state index < -0.39 is 54.9 Å². The van der Waals surface area contributed by atoms with Crippen molar-refractivity contribution in [3.8, 4) is 0 Å². The predicted molar refractivity (Wildman–Crippen MR) is 84.6 cm³/mol. The fourth-order valence-electron chi connectivity index (χ4n) is 2.49. The highest BCUT2D eigenvalue weighted by Gasteiger charge is 2.43. The Hall–Kier alpha value is -1.26. The number of carboxylic acid groups (broad SMARTS) is 1. The van der Waals surface area contributed by atoms with Crippen LogP contribution in [0.4, 0.5) is 0 Å². The van der Waals surface area contributed by atoms with Gasteiger partial charge in [-0.2, -0.15) is 0 Å². The van der Waals surface area contributed by atoms with Gasteiger partial charge in [-0.25, -0.2) is 0 Å². The zero-order chi connectivity index (χ0) is 19.1. The van der Waals surface area contributed by atoms with Gasteiger partial charge in [0.15, 0.2) is 6.29 Å². The zero-order valence-electron chi connectivity index (χ0n) is 14.7. The van der Waals surface area contributed by atoms with Gasteiger partial charge in [0.2, 0.25) is 0 Å². The molecule has 7 atom stereocenters. The van der Waals surface area contributed by atoms with Gasteiger partial charge in [0, 0.05) is 0 Å². The zero-order valence-corrected chi connectivity index (χ0v) is 14.7. The standard InChI is InChI=1S/C16H28O9/c1-4-9(6-11(17)18)24-12(19)7-10(5-2)25-16-15(22)14(21)13(20)8(3)23-16/h8-10,13-16,20-22H,4-7H2,1-3H3,(H,17,18)/t8-,9?,10?,13-,14+,15+,16?/m0/s1. The lowest BCUT2D eigenvalue weighted by Gasteiger charge is -2.40. The molecule has 1 aliphatic rings. The minimum absolute atomic E-state index is 0.147. The Bertz CT molecular complexity index is 441. The summed E-state index contributed by atoms with van der Waals surface area (Å²) in [6, 6.07) is 0. The van der Waals surface area contributed by atoms with Crippen molar-refractivity contribution < 1.29 is 44.2 Å². The molecule has 3 unspecified atom stereocenters. The molecule has 1 rings (SSSR count). The molecule has 0 aromatic carbocycles. The largest absolute Gasteiger partial charge is 0.481 e. The Balaban J connectivity index is 2.58. The number of carboxylic acids is 1. The molecule has 1 fully saturated rings. The molecular weight excluding hydrogens is 336 g/mol.